The maximum Gasteiger partial charge on any atom is 0.265 e. The lowest BCUT2D eigenvalue weighted by molar-refractivity contribution is 0.0694. The Kier molecular flexibility index (Phi) is 4.08. The fourth-order valence-electron chi connectivity index (χ4n) is 3.11. The Morgan fingerprint density at radius 1 is 1.32 bits per heavy atom. The van der Waals surface area contributed by atoms with Crippen LogP contribution in [0.5, 0.6) is 0 Å². The largest absolute Gasteiger partial charge is 0.338 e. The maximum absolute atomic E-state index is 12.9. The Labute approximate surface area is 148 Å². The number of carbonyl (C=O) groups excluding carboxylic acids is 1. The van der Waals surface area contributed by atoms with E-state index in [2.05, 4.69) is 31.5 Å². The summed E-state index contributed by atoms with van der Waals surface area (Å²) in [6.45, 7) is 5.37. The molecule has 1 amide bonds. The van der Waals surface area contributed by atoms with Crippen LogP contribution in [-0.4, -0.2) is 53.8 Å². The molecule has 0 radical (unpaired) electrons. The van der Waals surface area contributed by atoms with Gasteiger partial charge in [-0.15, -0.1) is 11.3 Å². The minimum Gasteiger partial charge on any atom is -0.338 e. The number of nitrogens with zero attached hydrogens (tertiary/aromatic N) is 6. The highest BCUT2D eigenvalue weighted by Gasteiger charge is 2.27. The van der Waals surface area contributed by atoms with Crippen LogP contribution in [0.1, 0.15) is 39.8 Å². The summed E-state index contributed by atoms with van der Waals surface area (Å²) >= 11 is 1.37. The van der Waals surface area contributed by atoms with Crippen molar-refractivity contribution in [3.8, 4) is 10.8 Å². The molecule has 0 spiro atoms. The highest BCUT2D eigenvalue weighted by Crippen LogP contribution is 2.29. The number of aryl methyl sites for hydroxylation is 2. The van der Waals surface area contributed by atoms with Crippen LogP contribution >= 0.6 is 11.3 Å². The van der Waals surface area contributed by atoms with Crippen molar-refractivity contribution in [3.63, 3.8) is 0 Å². The summed E-state index contributed by atoms with van der Waals surface area (Å²) in [5.41, 5.74) is 1.91. The standard InChI is InChI=1S/C16H19N7OS/c1-10-7-19-23(8-10)12-3-5-22(6-4-12)16(24)13-11(2)20-15(25-13)14-17-9-18-21-14/h7-9,12H,3-6H2,1-2H3,(H,17,18,21). The summed E-state index contributed by atoms with van der Waals surface area (Å²) in [5.74, 6) is 0.649. The van der Waals surface area contributed by atoms with Crippen molar-refractivity contribution in [1.29, 1.82) is 0 Å². The lowest BCUT2D eigenvalue weighted by Gasteiger charge is -2.31. The number of hydrogen-bond donors (Lipinski definition) is 1. The molecule has 0 aromatic carbocycles. The minimum atomic E-state index is 0.0517. The van der Waals surface area contributed by atoms with Gasteiger partial charge in [-0.2, -0.15) is 10.2 Å². The normalized spacial score (nSPS) is 15.7. The molecule has 1 aliphatic heterocycles. The van der Waals surface area contributed by atoms with Crippen LogP contribution in [0.15, 0.2) is 18.7 Å². The van der Waals surface area contributed by atoms with Gasteiger partial charge in [0, 0.05) is 19.3 Å². The Bertz CT molecular complexity index is 874. The number of carbonyl (C=O) groups is 1. The fraction of sp³-hybridized carbons (Fsp3) is 0.438. The number of thiazole rings is 1. The SMILES string of the molecule is Cc1cnn(C2CCN(C(=O)c3sc(-c4ncn[nH]4)nc3C)CC2)c1. The van der Waals surface area contributed by atoms with Crippen LogP contribution < -0.4 is 0 Å². The Morgan fingerprint density at radius 2 is 2.12 bits per heavy atom. The van der Waals surface area contributed by atoms with Crippen LogP contribution in [0.3, 0.4) is 0 Å². The molecule has 4 heterocycles. The summed E-state index contributed by atoms with van der Waals surface area (Å²) in [6.07, 6.45) is 7.22. The summed E-state index contributed by atoms with van der Waals surface area (Å²) in [6, 6.07) is 0.366. The van der Waals surface area contributed by atoms with Crippen LogP contribution in [-0.2, 0) is 0 Å². The number of hydrogen-bond acceptors (Lipinski definition) is 6. The zero-order chi connectivity index (χ0) is 17.4. The molecule has 1 fully saturated rings. The number of rotatable bonds is 3. The van der Waals surface area contributed by atoms with E-state index in [4.69, 9.17) is 0 Å². The van der Waals surface area contributed by atoms with Crippen molar-refractivity contribution in [3.05, 3.63) is 34.9 Å². The summed E-state index contributed by atoms with van der Waals surface area (Å²) < 4.78 is 2.02. The Balaban J connectivity index is 1.46. The highest BCUT2D eigenvalue weighted by molar-refractivity contribution is 7.17. The zero-order valence-electron chi connectivity index (χ0n) is 14.1. The number of aromatic amines is 1. The van der Waals surface area contributed by atoms with E-state index in [1.54, 1.807) is 0 Å². The average Bonchev–Trinajstić information content (AvgIpc) is 3.35. The van der Waals surface area contributed by atoms with Gasteiger partial charge < -0.3 is 4.90 Å². The number of likely N-dealkylation sites (tertiary alicyclic amines) is 1. The first-order valence-corrected chi connectivity index (χ1v) is 9.06. The molecule has 0 saturated carbocycles. The third-order valence-electron chi connectivity index (χ3n) is 4.46. The second kappa shape index (κ2) is 6.40. The first kappa shape index (κ1) is 15.9. The van der Waals surface area contributed by atoms with E-state index < -0.39 is 0 Å². The number of nitrogens with one attached hydrogen (secondary N) is 1. The van der Waals surface area contributed by atoms with Gasteiger partial charge in [0.2, 0.25) is 0 Å². The van der Waals surface area contributed by atoms with Gasteiger partial charge in [-0.25, -0.2) is 9.97 Å². The third kappa shape index (κ3) is 3.07. The molecular formula is C16H19N7OS. The van der Waals surface area contributed by atoms with E-state index in [0.717, 1.165) is 31.6 Å². The second-order valence-corrected chi connectivity index (χ2v) is 7.29. The van der Waals surface area contributed by atoms with Crippen LogP contribution in [0.25, 0.3) is 10.8 Å². The monoisotopic (exact) mass is 357 g/mol. The number of piperidine rings is 1. The molecule has 0 unspecified atom stereocenters. The Hall–Kier alpha value is -2.55. The molecule has 1 N–H and O–H groups in total. The summed E-state index contributed by atoms with van der Waals surface area (Å²) in [5, 5.41) is 11.7. The molecule has 1 aliphatic rings. The molecule has 8 nitrogen and oxygen atoms in total. The molecule has 25 heavy (non-hydrogen) atoms. The molecular weight excluding hydrogens is 338 g/mol. The summed E-state index contributed by atoms with van der Waals surface area (Å²) in [7, 11) is 0. The van der Waals surface area contributed by atoms with Gasteiger partial charge in [-0.1, -0.05) is 0 Å². The molecule has 130 valence electrons. The third-order valence-corrected chi connectivity index (χ3v) is 5.62. The lowest BCUT2D eigenvalue weighted by Crippen LogP contribution is -2.39. The van der Waals surface area contributed by atoms with Crippen molar-refractivity contribution >= 4 is 17.2 Å². The van der Waals surface area contributed by atoms with Gasteiger partial charge in [0.1, 0.15) is 11.2 Å². The van der Waals surface area contributed by atoms with Gasteiger partial charge in [0.25, 0.3) is 5.91 Å². The predicted molar refractivity (Wildman–Crippen MR) is 93.4 cm³/mol. The first-order valence-electron chi connectivity index (χ1n) is 8.25. The first-order chi connectivity index (χ1) is 12.1. The fourth-order valence-corrected chi connectivity index (χ4v) is 4.10. The molecule has 1 saturated heterocycles. The number of H-pyrrole nitrogens is 1. The molecule has 9 heteroatoms. The van der Waals surface area contributed by atoms with E-state index in [0.29, 0.717) is 21.8 Å². The van der Waals surface area contributed by atoms with Crippen LogP contribution in [0.4, 0.5) is 0 Å². The summed E-state index contributed by atoms with van der Waals surface area (Å²) in [4.78, 5) is 24.0. The molecule has 0 atom stereocenters. The van der Waals surface area contributed by atoms with Gasteiger partial charge in [-0.05, 0) is 32.3 Å². The van der Waals surface area contributed by atoms with E-state index in [1.807, 2.05) is 29.6 Å². The number of aromatic nitrogens is 6. The van der Waals surface area contributed by atoms with Crippen molar-refractivity contribution in [2.45, 2.75) is 32.7 Å². The molecule has 4 rings (SSSR count). The maximum atomic E-state index is 12.9. The highest BCUT2D eigenvalue weighted by atomic mass is 32.1. The molecule has 0 aliphatic carbocycles. The predicted octanol–water partition coefficient (Wildman–Crippen LogP) is 2.22. The molecule has 3 aromatic heterocycles. The average molecular weight is 357 g/mol. The Morgan fingerprint density at radius 3 is 2.76 bits per heavy atom. The second-order valence-electron chi connectivity index (χ2n) is 6.29. The van der Waals surface area contributed by atoms with Gasteiger partial charge in [0.15, 0.2) is 10.8 Å². The number of amides is 1. The van der Waals surface area contributed by atoms with Crippen LogP contribution in [0.2, 0.25) is 0 Å². The van der Waals surface area contributed by atoms with Crippen molar-refractivity contribution in [2.24, 2.45) is 0 Å². The van der Waals surface area contributed by atoms with E-state index in [1.165, 1.54) is 23.2 Å². The quantitative estimate of drug-likeness (QED) is 0.776. The van der Waals surface area contributed by atoms with Crippen molar-refractivity contribution in [1.82, 2.24) is 34.8 Å². The van der Waals surface area contributed by atoms with E-state index >= 15 is 0 Å². The van der Waals surface area contributed by atoms with E-state index in [9.17, 15) is 4.79 Å². The van der Waals surface area contributed by atoms with Crippen LogP contribution in [0, 0.1) is 13.8 Å². The van der Waals surface area contributed by atoms with Crippen molar-refractivity contribution < 1.29 is 4.79 Å². The minimum absolute atomic E-state index is 0.0517. The molecule has 3 aromatic rings. The van der Waals surface area contributed by atoms with Gasteiger partial charge >= 0.3 is 0 Å². The topological polar surface area (TPSA) is 92.6 Å². The van der Waals surface area contributed by atoms with Crippen molar-refractivity contribution in [2.75, 3.05) is 13.1 Å². The van der Waals surface area contributed by atoms with Gasteiger partial charge in [-0.3, -0.25) is 14.6 Å². The smallest absolute Gasteiger partial charge is 0.265 e. The zero-order valence-corrected chi connectivity index (χ0v) is 15.0. The lowest BCUT2D eigenvalue weighted by atomic mass is 10.1. The van der Waals surface area contributed by atoms with Gasteiger partial charge in [0.05, 0.1) is 17.9 Å². The molecule has 0 bridgehead atoms. The van der Waals surface area contributed by atoms with E-state index in [-0.39, 0.29) is 5.91 Å².